The number of methoxy groups -OCH3 is 3. The van der Waals surface area contributed by atoms with Gasteiger partial charge >= 0.3 is 0 Å². The minimum absolute atomic E-state index is 0.273. The third-order valence-electron chi connectivity index (χ3n) is 3.33. The molecule has 0 aliphatic rings. The Morgan fingerprint density at radius 1 is 0.950 bits per heavy atom. The highest BCUT2D eigenvalue weighted by Crippen LogP contribution is 2.42. The molecule has 1 N–H and O–H groups in total. The van der Waals surface area contributed by atoms with Gasteiger partial charge in [0.25, 0.3) is 0 Å². The molecular formula is C16H27NO3. The molecule has 1 atom stereocenters. The van der Waals surface area contributed by atoms with Gasteiger partial charge < -0.3 is 19.5 Å². The van der Waals surface area contributed by atoms with Crippen LogP contribution in [0, 0.1) is 0 Å². The molecule has 1 aromatic rings. The van der Waals surface area contributed by atoms with Crippen LogP contribution in [0.2, 0.25) is 0 Å². The largest absolute Gasteiger partial charge is 0.493 e. The summed E-state index contributed by atoms with van der Waals surface area (Å²) in [6.45, 7) is 5.35. The summed E-state index contributed by atoms with van der Waals surface area (Å²) in [4.78, 5) is 0. The fourth-order valence-electron chi connectivity index (χ4n) is 2.37. The van der Waals surface area contributed by atoms with E-state index in [0.29, 0.717) is 11.5 Å². The van der Waals surface area contributed by atoms with Crippen molar-refractivity contribution in [3.05, 3.63) is 17.7 Å². The fraction of sp³-hybridized carbons (Fsp3) is 0.625. The van der Waals surface area contributed by atoms with Crippen molar-refractivity contribution in [2.24, 2.45) is 0 Å². The maximum atomic E-state index is 5.57. The molecule has 20 heavy (non-hydrogen) atoms. The van der Waals surface area contributed by atoms with Crippen molar-refractivity contribution in [3.8, 4) is 17.2 Å². The van der Waals surface area contributed by atoms with Crippen molar-refractivity contribution in [3.63, 3.8) is 0 Å². The van der Waals surface area contributed by atoms with Crippen molar-refractivity contribution < 1.29 is 14.2 Å². The first-order valence-corrected chi connectivity index (χ1v) is 7.25. The highest BCUT2D eigenvalue weighted by Gasteiger charge is 2.21. The Balaban J connectivity index is 3.19. The Morgan fingerprint density at radius 3 is 2.15 bits per heavy atom. The van der Waals surface area contributed by atoms with Gasteiger partial charge in [-0.2, -0.15) is 0 Å². The third kappa shape index (κ3) is 3.79. The molecule has 0 amide bonds. The van der Waals surface area contributed by atoms with Crippen molar-refractivity contribution >= 4 is 0 Å². The predicted molar refractivity (Wildman–Crippen MR) is 82.0 cm³/mol. The van der Waals surface area contributed by atoms with E-state index >= 15 is 0 Å². The standard InChI is InChI=1S/C16H27NO3/c1-6-8-13(17-11-7-2)12-9-10-14(18-3)16(20-5)15(12)19-4/h9-10,13,17H,6-8,11H2,1-5H3. The molecule has 0 aliphatic heterocycles. The minimum atomic E-state index is 0.273. The highest BCUT2D eigenvalue weighted by atomic mass is 16.5. The lowest BCUT2D eigenvalue weighted by atomic mass is 10.00. The summed E-state index contributed by atoms with van der Waals surface area (Å²) in [5.74, 6) is 2.11. The van der Waals surface area contributed by atoms with Gasteiger partial charge in [-0.25, -0.2) is 0 Å². The maximum absolute atomic E-state index is 5.57. The molecule has 0 bridgehead atoms. The van der Waals surface area contributed by atoms with Gasteiger partial charge in [0.05, 0.1) is 21.3 Å². The number of rotatable bonds is 9. The molecule has 0 fully saturated rings. The predicted octanol–water partition coefficient (Wildman–Crippen LogP) is 3.55. The zero-order valence-electron chi connectivity index (χ0n) is 13.3. The lowest BCUT2D eigenvalue weighted by molar-refractivity contribution is 0.318. The Bertz CT molecular complexity index is 407. The zero-order valence-corrected chi connectivity index (χ0v) is 13.3. The van der Waals surface area contributed by atoms with Gasteiger partial charge in [0.2, 0.25) is 5.75 Å². The van der Waals surface area contributed by atoms with Crippen LogP contribution in [0.1, 0.15) is 44.7 Å². The molecular weight excluding hydrogens is 254 g/mol. The SMILES string of the molecule is CCCNC(CCC)c1ccc(OC)c(OC)c1OC. The molecule has 0 saturated carbocycles. The summed E-state index contributed by atoms with van der Waals surface area (Å²) in [7, 11) is 4.94. The van der Waals surface area contributed by atoms with E-state index in [1.165, 1.54) is 0 Å². The number of ether oxygens (including phenoxy) is 3. The first-order valence-electron chi connectivity index (χ1n) is 7.25. The Labute approximate surface area is 122 Å². The normalized spacial score (nSPS) is 12.1. The van der Waals surface area contributed by atoms with Crippen LogP contribution in [0.5, 0.6) is 17.2 Å². The number of benzene rings is 1. The van der Waals surface area contributed by atoms with E-state index in [9.17, 15) is 0 Å². The molecule has 1 rings (SSSR count). The van der Waals surface area contributed by atoms with Crippen LogP contribution in [-0.4, -0.2) is 27.9 Å². The molecule has 4 heteroatoms. The summed E-state index contributed by atoms with van der Waals surface area (Å²) in [6, 6.07) is 4.27. The van der Waals surface area contributed by atoms with Gasteiger partial charge in [0.1, 0.15) is 0 Å². The molecule has 1 unspecified atom stereocenters. The fourth-order valence-corrected chi connectivity index (χ4v) is 2.37. The monoisotopic (exact) mass is 281 g/mol. The van der Waals surface area contributed by atoms with E-state index < -0.39 is 0 Å². The van der Waals surface area contributed by atoms with Crippen molar-refractivity contribution in [1.29, 1.82) is 0 Å². The Kier molecular flexibility index (Phi) is 7.23. The molecule has 0 aromatic heterocycles. The first-order chi connectivity index (χ1) is 9.73. The summed E-state index contributed by atoms with van der Waals surface area (Å²) in [6.07, 6.45) is 3.28. The van der Waals surface area contributed by atoms with E-state index in [4.69, 9.17) is 14.2 Å². The summed E-state index contributed by atoms with van der Waals surface area (Å²) < 4.78 is 16.4. The quantitative estimate of drug-likeness (QED) is 0.751. The average molecular weight is 281 g/mol. The van der Waals surface area contributed by atoms with Crippen LogP contribution in [0.25, 0.3) is 0 Å². The van der Waals surface area contributed by atoms with Gasteiger partial charge in [-0.15, -0.1) is 0 Å². The van der Waals surface area contributed by atoms with E-state index in [1.54, 1.807) is 21.3 Å². The molecule has 1 aromatic carbocycles. The lowest BCUT2D eigenvalue weighted by Gasteiger charge is -2.23. The second kappa shape index (κ2) is 8.69. The molecule has 0 radical (unpaired) electrons. The average Bonchev–Trinajstić information content (AvgIpc) is 2.49. The van der Waals surface area contributed by atoms with Gasteiger partial charge in [0, 0.05) is 11.6 Å². The lowest BCUT2D eigenvalue weighted by Crippen LogP contribution is -2.22. The van der Waals surface area contributed by atoms with Crippen LogP contribution in [0.3, 0.4) is 0 Å². The van der Waals surface area contributed by atoms with Crippen LogP contribution in [0.4, 0.5) is 0 Å². The van der Waals surface area contributed by atoms with Crippen molar-refractivity contribution in [2.45, 2.75) is 39.2 Å². The summed E-state index contributed by atoms with van der Waals surface area (Å²) in [5.41, 5.74) is 1.13. The van der Waals surface area contributed by atoms with Gasteiger partial charge in [-0.05, 0) is 31.5 Å². The van der Waals surface area contributed by atoms with Gasteiger partial charge in [-0.1, -0.05) is 20.3 Å². The number of nitrogens with one attached hydrogen (secondary N) is 1. The second-order valence-electron chi connectivity index (χ2n) is 4.72. The van der Waals surface area contributed by atoms with Crippen LogP contribution < -0.4 is 19.5 Å². The smallest absolute Gasteiger partial charge is 0.203 e. The summed E-state index contributed by atoms with van der Waals surface area (Å²) >= 11 is 0. The van der Waals surface area contributed by atoms with Crippen LogP contribution in [0.15, 0.2) is 12.1 Å². The topological polar surface area (TPSA) is 39.7 Å². The number of hydrogen-bond donors (Lipinski definition) is 1. The molecule has 114 valence electrons. The second-order valence-corrected chi connectivity index (χ2v) is 4.72. The van der Waals surface area contributed by atoms with Gasteiger partial charge in [-0.3, -0.25) is 0 Å². The highest BCUT2D eigenvalue weighted by molar-refractivity contribution is 5.56. The first kappa shape index (κ1) is 16.6. The van der Waals surface area contributed by atoms with Crippen molar-refractivity contribution in [2.75, 3.05) is 27.9 Å². The molecule has 0 heterocycles. The summed E-state index contributed by atoms with van der Waals surface area (Å²) in [5, 5.41) is 3.57. The maximum Gasteiger partial charge on any atom is 0.203 e. The van der Waals surface area contributed by atoms with Crippen LogP contribution >= 0.6 is 0 Å². The van der Waals surface area contributed by atoms with Crippen molar-refractivity contribution in [1.82, 2.24) is 5.32 Å². The minimum Gasteiger partial charge on any atom is -0.493 e. The molecule has 0 spiro atoms. The van der Waals surface area contributed by atoms with Crippen LogP contribution in [-0.2, 0) is 0 Å². The third-order valence-corrected chi connectivity index (χ3v) is 3.33. The van der Waals surface area contributed by atoms with E-state index in [0.717, 1.165) is 37.1 Å². The molecule has 0 saturated heterocycles. The number of hydrogen-bond acceptors (Lipinski definition) is 4. The zero-order chi connectivity index (χ0) is 15.0. The van der Waals surface area contributed by atoms with E-state index in [2.05, 4.69) is 25.2 Å². The molecule has 4 nitrogen and oxygen atoms in total. The Morgan fingerprint density at radius 2 is 1.65 bits per heavy atom. The van der Waals surface area contributed by atoms with E-state index in [-0.39, 0.29) is 6.04 Å². The molecule has 0 aliphatic carbocycles. The van der Waals surface area contributed by atoms with Gasteiger partial charge in [0.15, 0.2) is 11.5 Å². The Hall–Kier alpha value is -1.42. The van der Waals surface area contributed by atoms with E-state index in [1.807, 2.05) is 6.07 Å².